The predicted molar refractivity (Wildman–Crippen MR) is 105 cm³/mol. The normalized spacial score (nSPS) is 15.8. The van der Waals surface area contributed by atoms with E-state index >= 15 is 0 Å². The molecule has 6 nitrogen and oxygen atoms in total. The molecule has 1 amide bonds. The van der Waals surface area contributed by atoms with E-state index in [9.17, 15) is 9.59 Å². The largest absolute Gasteiger partial charge is 0.466 e. The van der Waals surface area contributed by atoms with Gasteiger partial charge in [0.25, 0.3) is 0 Å². The number of hydrogen-bond acceptors (Lipinski definition) is 5. The van der Waals surface area contributed by atoms with Crippen LogP contribution in [-0.2, 0) is 14.3 Å². The molecule has 0 saturated heterocycles. The van der Waals surface area contributed by atoms with Gasteiger partial charge in [0.15, 0.2) is 0 Å². The van der Waals surface area contributed by atoms with Crippen molar-refractivity contribution < 1.29 is 14.3 Å². The number of esters is 1. The van der Waals surface area contributed by atoms with E-state index in [2.05, 4.69) is 33.5 Å². The Labute approximate surface area is 155 Å². The van der Waals surface area contributed by atoms with Crippen LogP contribution in [0.1, 0.15) is 32.1 Å². The molecule has 1 aliphatic carbocycles. The highest BCUT2D eigenvalue weighted by Crippen LogP contribution is 2.22. The average molecular weight is 359 g/mol. The van der Waals surface area contributed by atoms with Gasteiger partial charge >= 0.3 is 5.97 Å². The molecule has 2 N–H and O–H groups in total. The molecule has 0 bridgehead atoms. The highest BCUT2D eigenvalue weighted by Gasteiger charge is 2.14. The van der Waals surface area contributed by atoms with Gasteiger partial charge < -0.3 is 15.4 Å². The van der Waals surface area contributed by atoms with Gasteiger partial charge in [-0.05, 0) is 36.5 Å². The molecule has 26 heavy (non-hydrogen) atoms. The summed E-state index contributed by atoms with van der Waals surface area (Å²) in [6.07, 6.45) is 13.7. The van der Waals surface area contributed by atoms with E-state index in [1.54, 1.807) is 12.2 Å². The molecule has 0 aromatic rings. The zero-order valence-electron chi connectivity index (χ0n) is 15.5. The Morgan fingerprint density at radius 2 is 1.92 bits per heavy atom. The van der Waals surface area contributed by atoms with Crippen LogP contribution in [0.4, 0.5) is 0 Å². The number of nitrogens with one attached hydrogen (secondary N) is 2. The molecule has 0 aromatic heterocycles. The van der Waals surface area contributed by atoms with Crippen molar-refractivity contribution in [1.29, 1.82) is 0 Å². The Balaban J connectivity index is 2.40. The van der Waals surface area contributed by atoms with Gasteiger partial charge in [-0.1, -0.05) is 38.5 Å². The van der Waals surface area contributed by atoms with Gasteiger partial charge in [0.05, 0.1) is 13.7 Å². The summed E-state index contributed by atoms with van der Waals surface area (Å²) < 4.78 is 4.50. The molecule has 0 radical (unpaired) electrons. The zero-order valence-corrected chi connectivity index (χ0v) is 15.5. The molecule has 0 spiro atoms. The van der Waals surface area contributed by atoms with Gasteiger partial charge in [0.2, 0.25) is 5.91 Å². The maximum atomic E-state index is 12.0. The van der Waals surface area contributed by atoms with Crippen LogP contribution in [0.3, 0.4) is 0 Å². The molecule has 1 aliphatic rings. The van der Waals surface area contributed by atoms with Gasteiger partial charge in [-0.25, -0.2) is 9.79 Å². The topological polar surface area (TPSA) is 79.8 Å². The minimum absolute atomic E-state index is 0.0647. The molecule has 142 valence electrons. The fourth-order valence-electron chi connectivity index (χ4n) is 2.58. The van der Waals surface area contributed by atoms with E-state index in [1.165, 1.54) is 57.6 Å². The summed E-state index contributed by atoms with van der Waals surface area (Å²) in [6.45, 7) is 8.27. The second-order valence-corrected chi connectivity index (χ2v) is 6.14. The molecule has 0 unspecified atom stereocenters. The Morgan fingerprint density at radius 3 is 2.58 bits per heavy atom. The zero-order chi connectivity index (χ0) is 19.2. The van der Waals surface area contributed by atoms with Gasteiger partial charge in [0.1, 0.15) is 5.82 Å². The molecular weight excluding hydrogens is 330 g/mol. The molecule has 0 aliphatic heterocycles. The van der Waals surface area contributed by atoms with Crippen molar-refractivity contribution in [3.8, 4) is 0 Å². The van der Waals surface area contributed by atoms with Gasteiger partial charge in [-0.2, -0.15) is 0 Å². The lowest BCUT2D eigenvalue weighted by atomic mass is 9.89. The van der Waals surface area contributed by atoms with Crippen molar-refractivity contribution >= 4 is 18.1 Å². The molecule has 6 heteroatoms. The number of ether oxygens (including phenoxy) is 1. The van der Waals surface area contributed by atoms with E-state index in [0.29, 0.717) is 17.3 Å². The summed E-state index contributed by atoms with van der Waals surface area (Å²) in [5.41, 5.74) is 0.522. The van der Waals surface area contributed by atoms with Crippen LogP contribution in [-0.4, -0.2) is 38.3 Å². The monoisotopic (exact) mass is 359 g/mol. The molecular formula is C20H29N3O3. The second kappa shape index (κ2) is 12.7. The number of hydrogen-bond donors (Lipinski definition) is 2. The summed E-state index contributed by atoms with van der Waals surface area (Å²) in [5, 5.41) is 5.93. The lowest BCUT2D eigenvalue weighted by Gasteiger charge is -2.21. The van der Waals surface area contributed by atoms with E-state index in [4.69, 9.17) is 0 Å². The second-order valence-electron chi connectivity index (χ2n) is 6.14. The predicted octanol–water partition coefficient (Wildman–Crippen LogP) is 2.66. The third-order valence-corrected chi connectivity index (χ3v) is 4.02. The number of rotatable bonds is 10. The fourth-order valence-corrected chi connectivity index (χ4v) is 2.58. The molecule has 0 aromatic carbocycles. The molecule has 0 heterocycles. The highest BCUT2D eigenvalue weighted by molar-refractivity contribution is 5.88. The maximum absolute atomic E-state index is 12.0. The maximum Gasteiger partial charge on any atom is 0.330 e. The molecule has 1 rings (SSSR count). The quantitative estimate of drug-likeness (QED) is 0.272. The van der Waals surface area contributed by atoms with Gasteiger partial charge in [-0.3, -0.25) is 4.79 Å². The number of carbonyl (C=O) groups is 2. The standard InChI is InChI=1S/C20H29N3O3/c1-4-8-18(21-13-16(2)11-12-20(25)26-3)22-15-19(24)23-14-17-9-6-5-7-10-17/h4,8,11-13,17,22H,1-2,5-7,9-10,14-15H2,3H3,(H,23,24)/b12-11+,18-8+,21-13-. The van der Waals surface area contributed by atoms with Crippen molar-refractivity contribution in [1.82, 2.24) is 10.6 Å². The molecule has 1 fully saturated rings. The van der Waals surface area contributed by atoms with E-state index in [1.807, 2.05) is 0 Å². The van der Waals surface area contributed by atoms with Crippen molar-refractivity contribution in [3.05, 3.63) is 48.9 Å². The first-order chi connectivity index (χ1) is 12.5. The van der Waals surface area contributed by atoms with Crippen LogP contribution in [0, 0.1) is 5.92 Å². The number of aliphatic imine (C=N–C) groups is 1. The Morgan fingerprint density at radius 1 is 1.19 bits per heavy atom. The highest BCUT2D eigenvalue weighted by atomic mass is 16.5. The fraction of sp³-hybridized carbons (Fsp3) is 0.450. The Bertz CT molecular complexity index is 585. The summed E-state index contributed by atoms with van der Waals surface area (Å²) in [4.78, 5) is 27.2. The van der Waals surface area contributed by atoms with Crippen molar-refractivity contribution in [2.45, 2.75) is 32.1 Å². The first-order valence-corrected chi connectivity index (χ1v) is 8.87. The SMILES string of the molecule is C=C/C=C(\N=C/C(=C)/C=C/C(=O)OC)NCC(=O)NCC1CCCCC1. The van der Waals surface area contributed by atoms with Crippen molar-refractivity contribution in [2.75, 3.05) is 20.2 Å². The summed E-state index contributed by atoms with van der Waals surface area (Å²) in [6, 6.07) is 0. The molecule has 1 saturated carbocycles. The smallest absolute Gasteiger partial charge is 0.330 e. The van der Waals surface area contributed by atoms with Crippen LogP contribution in [0.2, 0.25) is 0 Å². The third kappa shape index (κ3) is 9.61. The minimum atomic E-state index is -0.464. The van der Waals surface area contributed by atoms with Crippen molar-refractivity contribution in [2.24, 2.45) is 10.9 Å². The lowest BCUT2D eigenvalue weighted by molar-refractivity contribution is -0.134. The Kier molecular flexibility index (Phi) is 10.5. The van der Waals surface area contributed by atoms with Crippen LogP contribution >= 0.6 is 0 Å². The van der Waals surface area contributed by atoms with Crippen LogP contribution in [0.15, 0.2) is 53.8 Å². The number of carbonyl (C=O) groups excluding carboxylic acids is 2. The number of nitrogens with zero attached hydrogens (tertiary/aromatic N) is 1. The van der Waals surface area contributed by atoms with Crippen LogP contribution in [0.5, 0.6) is 0 Å². The van der Waals surface area contributed by atoms with Gasteiger partial charge in [-0.15, -0.1) is 0 Å². The van der Waals surface area contributed by atoms with Gasteiger partial charge in [0, 0.05) is 18.8 Å². The number of allylic oxidation sites excluding steroid dienone is 4. The summed E-state index contributed by atoms with van der Waals surface area (Å²) in [5.74, 6) is 0.554. The number of methoxy groups -OCH3 is 1. The third-order valence-electron chi connectivity index (χ3n) is 4.02. The first kappa shape index (κ1) is 21.4. The van der Waals surface area contributed by atoms with E-state index in [-0.39, 0.29) is 12.5 Å². The number of amides is 1. The summed E-state index contributed by atoms with van der Waals surface area (Å²) >= 11 is 0. The van der Waals surface area contributed by atoms with E-state index in [0.717, 1.165) is 6.54 Å². The Hall–Kier alpha value is -2.63. The van der Waals surface area contributed by atoms with Crippen LogP contribution in [0.25, 0.3) is 0 Å². The van der Waals surface area contributed by atoms with Crippen LogP contribution < -0.4 is 10.6 Å². The molecule has 0 atom stereocenters. The first-order valence-electron chi connectivity index (χ1n) is 8.87. The van der Waals surface area contributed by atoms with E-state index < -0.39 is 5.97 Å². The van der Waals surface area contributed by atoms with Crippen molar-refractivity contribution in [3.63, 3.8) is 0 Å². The minimum Gasteiger partial charge on any atom is -0.466 e. The average Bonchev–Trinajstić information content (AvgIpc) is 2.67. The lowest BCUT2D eigenvalue weighted by Crippen LogP contribution is -2.36. The summed E-state index contributed by atoms with van der Waals surface area (Å²) in [7, 11) is 1.30.